The van der Waals surface area contributed by atoms with Gasteiger partial charge in [-0.25, -0.2) is 0 Å². The van der Waals surface area contributed by atoms with Gasteiger partial charge in [-0.05, 0) is 42.4 Å². The van der Waals surface area contributed by atoms with E-state index in [1.807, 2.05) is 72.9 Å². The predicted molar refractivity (Wildman–Crippen MR) is 136 cm³/mol. The van der Waals surface area contributed by atoms with Crippen molar-refractivity contribution in [1.82, 2.24) is 0 Å². The molecule has 3 nitrogen and oxygen atoms in total. The number of ether oxygens (including phenoxy) is 1. The van der Waals surface area contributed by atoms with Crippen molar-refractivity contribution in [2.75, 3.05) is 0 Å². The first kappa shape index (κ1) is 22.7. The molecule has 168 valence electrons. The lowest BCUT2D eigenvalue weighted by molar-refractivity contribution is 0.103. The highest BCUT2D eigenvalue weighted by Gasteiger charge is 2.27. The van der Waals surface area contributed by atoms with Gasteiger partial charge in [0.1, 0.15) is 12.4 Å². The third kappa shape index (κ3) is 5.14. The average molecular weight is 438 g/mol. The summed E-state index contributed by atoms with van der Waals surface area (Å²) < 4.78 is 6.38. The molecule has 0 saturated heterocycles. The first-order valence-electron chi connectivity index (χ1n) is 11.7. The van der Waals surface area contributed by atoms with Crippen molar-refractivity contribution in [3.8, 4) is 5.75 Å². The molecular weight excluding hydrogens is 406 g/mol. The number of hydrogen-bond donors (Lipinski definition) is 0. The summed E-state index contributed by atoms with van der Waals surface area (Å²) in [5.74, 6) is 0.646. The highest BCUT2D eigenvalue weighted by Crippen LogP contribution is 2.38. The van der Waals surface area contributed by atoms with Gasteiger partial charge in [0.25, 0.3) is 0 Å². The normalized spacial score (nSPS) is 13.5. The van der Waals surface area contributed by atoms with E-state index < -0.39 is 0 Å². The fourth-order valence-corrected chi connectivity index (χ4v) is 4.00. The van der Waals surface area contributed by atoms with Crippen LogP contribution >= 0.6 is 0 Å². The monoisotopic (exact) mass is 437 g/mol. The maximum atomic E-state index is 13.7. The van der Waals surface area contributed by atoms with Gasteiger partial charge in [0, 0.05) is 22.9 Å². The van der Waals surface area contributed by atoms with Crippen LogP contribution in [0, 0.1) is 0 Å². The van der Waals surface area contributed by atoms with Crippen LogP contribution < -0.4 is 4.74 Å². The molecule has 0 bridgehead atoms. The summed E-state index contributed by atoms with van der Waals surface area (Å²) in [5.41, 5.74) is 5.15. The largest absolute Gasteiger partial charge is 0.488 e. The molecule has 3 aromatic carbocycles. The molecule has 33 heavy (non-hydrogen) atoms. The van der Waals surface area contributed by atoms with Crippen molar-refractivity contribution >= 4 is 17.7 Å². The smallest absolute Gasteiger partial charge is 0.196 e. The molecule has 3 heteroatoms. The molecule has 0 aliphatic carbocycles. The van der Waals surface area contributed by atoms with Crippen LogP contribution in [0.15, 0.2) is 83.9 Å². The Hall–Kier alpha value is -3.46. The van der Waals surface area contributed by atoms with E-state index in [-0.39, 0.29) is 11.2 Å². The van der Waals surface area contributed by atoms with Crippen molar-refractivity contribution in [3.05, 3.63) is 107 Å². The number of nitrogens with zero attached hydrogens (tertiary/aromatic N) is 1. The quantitative estimate of drug-likeness (QED) is 0.345. The maximum Gasteiger partial charge on any atom is 0.196 e. The molecule has 0 saturated carbocycles. The van der Waals surface area contributed by atoms with E-state index in [0.29, 0.717) is 23.5 Å². The fourth-order valence-electron chi connectivity index (χ4n) is 4.00. The van der Waals surface area contributed by atoms with Crippen molar-refractivity contribution < 1.29 is 9.53 Å². The molecular formula is C30H31NO2. The Balaban J connectivity index is 1.73. The Bertz CT molecular complexity index is 1190. The summed E-state index contributed by atoms with van der Waals surface area (Å²) >= 11 is 0. The molecule has 0 aromatic heterocycles. The lowest BCUT2D eigenvalue weighted by Gasteiger charge is -2.27. The molecule has 1 heterocycles. The highest BCUT2D eigenvalue weighted by atomic mass is 16.5. The highest BCUT2D eigenvalue weighted by molar-refractivity contribution is 6.11. The van der Waals surface area contributed by atoms with E-state index in [1.165, 1.54) is 0 Å². The summed E-state index contributed by atoms with van der Waals surface area (Å²) in [6.45, 7) is 6.97. The number of aliphatic imine (C=N–C) groups is 1. The molecule has 3 aromatic rings. The van der Waals surface area contributed by atoms with Gasteiger partial charge in [0.2, 0.25) is 0 Å². The van der Waals surface area contributed by atoms with Gasteiger partial charge in [-0.3, -0.25) is 9.79 Å². The van der Waals surface area contributed by atoms with Gasteiger partial charge in [-0.1, -0.05) is 87.5 Å². The molecule has 0 N–H and O–H groups in total. The Kier molecular flexibility index (Phi) is 6.88. The Morgan fingerprint density at radius 1 is 0.970 bits per heavy atom. The van der Waals surface area contributed by atoms with Gasteiger partial charge >= 0.3 is 0 Å². The van der Waals surface area contributed by atoms with E-state index in [1.54, 1.807) is 0 Å². The van der Waals surface area contributed by atoms with Crippen molar-refractivity contribution in [3.63, 3.8) is 0 Å². The minimum Gasteiger partial charge on any atom is -0.488 e. The molecule has 4 rings (SSSR count). The molecule has 0 atom stereocenters. The van der Waals surface area contributed by atoms with Crippen molar-refractivity contribution in [2.24, 2.45) is 4.99 Å². The maximum absolute atomic E-state index is 13.7. The number of hydrogen-bond acceptors (Lipinski definition) is 3. The van der Waals surface area contributed by atoms with Crippen LogP contribution in [0.1, 0.15) is 72.6 Å². The van der Waals surface area contributed by atoms with E-state index in [0.717, 1.165) is 41.6 Å². The Labute approximate surface area is 196 Å². The molecule has 0 radical (unpaired) electrons. The molecule has 0 amide bonds. The van der Waals surface area contributed by atoms with Gasteiger partial charge in [-0.15, -0.1) is 0 Å². The second kappa shape index (κ2) is 9.99. The zero-order chi connectivity index (χ0) is 23.3. The van der Waals surface area contributed by atoms with Crippen LogP contribution in [0.2, 0.25) is 0 Å². The third-order valence-electron chi connectivity index (χ3n) is 6.38. The van der Waals surface area contributed by atoms with Gasteiger partial charge < -0.3 is 4.74 Å². The zero-order valence-electron chi connectivity index (χ0n) is 19.7. The van der Waals surface area contributed by atoms with E-state index in [9.17, 15) is 4.79 Å². The van der Waals surface area contributed by atoms with Crippen LogP contribution in [-0.2, 0) is 12.0 Å². The lowest BCUT2D eigenvalue weighted by Crippen LogP contribution is -2.19. The number of rotatable bonds is 8. The number of carbonyl (C=O) groups excluding carboxylic acids is 1. The summed E-state index contributed by atoms with van der Waals surface area (Å²) in [7, 11) is 0. The van der Waals surface area contributed by atoms with Crippen molar-refractivity contribution in [2.45, 2.75) is 52.1 Å². The van der Waals surface area contributed by atoms with Crippen LogP contribution in [0.25, 0.3) is 5.70 Å². The molecule has 0 fully saturated rings. The molecule has 1 aliphatic heterocycles. The van der Waals surface area contributed by atoms with Crippen LogP contribution in [0.5, 0.6) is 5.75 Å². The van der Waals surface area contributed by atoms with Gasteiger partial charge in [-0.2, -0.15) is 0 Å². The summed E-state index contributed by atoms with van der Waals surface area (Å²) in [6.07, 6.45) is 6.94. The lowest BCUT2D eigenvalue weighted by atomic mass is 9.80. The minimum absolute atomic E-state index is 0.0333. The van der Waals surface area contributed by atoms with E-state index in [2.05, 4.69) is 37.9 Å². The topological polar surface area (TPSA) is 38.7 Å². The summed E-state index contributed by atoms with van der Waals surface area (Å²) in [6, 6.07) is 23.7. The fraction of sp³-hybridized carbons (Fsp3) is 0.267. The SMILES string of the molecule is CCC(C)(C)c1cccc(C(=O)c2cccc(C3=CCCC=N3)c2)c1OCc1ccccc1. The first-order chi connectivity index (χ1) is 16.0. The molecule has 0 spiro atoms. The van der Waals surface area contributed by atoms with Crippen LogP contribution in [0.3, 0.4) is 0 Å². The Morgan fingerprint density at radius 3 is 2.48 bits per heavy atom. The second-order valence-electron chi connectivity index (χ2n) is 9.08. The Morgan fingerprint density at radius 2 is 1.76 bits per heavy atom. The number of para-hydroxylation sites is 1. The zero-order valence-corrected chi connectivity index (χ0v) is 19.7. The van der Waals surface area contributed by atoms with E-state index >= 15 is 0 Å². The number of ketones is 1. The summed E-state index contributed by atoms with van der Waals surface area (Å²) in [4.78, 5) is 18.3. The van der Waals surface area contributed by atoms with E-state index in [4.69, 9.17) is 4.74 Å². The number of benzene rings is 3. The number of allylic oxidation sites excluding steroid dienone is 1. The average Bonchev–Trinajstić information content (AvgIpc) is 2.88. The van der Waals surface area contributed by atoms with Crippen LogP contribution in [-0.4, -0.2) is 12.0 Å². The van der Waals surface area contributed by atoms with Crippen molar-refractivity contribution in [1.29, 1.82) is 0 Å². The predicted octanol–water partition coefficient (Wildman–Crippen LogP) is 7.39. The summed E-state index contributed by atoms with van der Waals surface area (Å²) in [5, 5.41) is 0. The molecule has 1 aliphatic rings. The second-order valence-corrected chi connectivity index (χ2v) is 9.08. The number of carbonyl (C=O) groups is 1. The van der Waals surface area contributed by atoms with Gasteiger partial charge in [0.15, 0.2) is 5.78 Å². The standard InChI is InChI=1S/C30H31NO2/c1-4-30(2,3)26-17-11-16-25(29(26)33-21-22-12-6-5-7-13-22)28(32)24-15-10-14-23(20-24)27-18-8-9-19-31-27/h5-7,10-20H,4,8-9,21H2,1-3H3. The van der Waals surface area contributed by atoms with Crippen LogP contribution in [0.4, 0.5) is 0 Å². The minimum atomic E-state index is -0.119. The van der Waals surface area contributed by atoms with Gasteiger partial charge in [0.05, 0.1) is 11.3 Å². The third-order valence-corrected chi connectivity index (χ3v) is 6.38. The first-order valence-corrected chi connectivity index (χ1v) is 11.7. The molecule has 0 unspecified atom stereocenters.